The molecule has 2 atom stereocenters. The van der Waals surface area contributed by atoms with Crippen molar-refractivity contribution in [1.82, 2.24) is 36.5 Å². The molecule has 0 radical (unpaired) electrons. The Morgan fingerprint density at radius 2 is 1.58 bits per heavy atom. The molecule has 2 saturated heterocycles. The van der Waals surface area contributed by atoms with Gasteiger partial charge in [-0.1, -0.05) is 55.5 Å². The highest BCUT2D eigenvalue weighted by Gasteiger charge is 2.44. The number of nitrogens with zero attached hydrogens (tertiary/aromatic N) is 4. The van der Waals surface area contributed by atoms with Gasteiger partial charge in [0.2, 0.25) is 11.8 Å². The first-order valence-electron chi connectivity index (χ1n) is 20.9. The number of hydrogen-bond donors (Lipinski definition) is 4. The number of benzene rings is 2. The molecule has 17 heteroatoms. The number of carbonyl (C=O) groups excluding carboxylic acids is 7. The number of amides is 7. The standard InChI is InChI=1S/C43H56N8O9/c1-5-36(52)28-18-16-27(17-19-28)24-44-40(56)47-45-25-29(23-38(54)60-43(2,3)4)46-39(55)35-15-10-21-50-37(53)20-22-49(42(58)51(35)50)48-41(57)59-26-34-32-13-8-6-11-30(32)31-12-7-9-14-33(31)34/h6-9,11-14,25,27-29,34-35H,5,10,15-24,26H2,1-4H3,(H,46,55)(H,48,57)(H2,44,47,56)/b45-25+/t27?,28?,29-,35-/m0/s1. The normalized spacial score (nSPS) is 20.9. The fourth-order valence-corrected chi connectivity index (χ4v) is 8.38. The van der Waals surface area contributed by atoms with E-state index in [1.807, 2.05) is 55.5 Å². The lowest BCUT2D eigenvalue weighted by atomic mass is 9.79. The van der Waals surface area contributed by atoms with Gasteiger partial charge >= 0.3 is 24.1 Å². The predicted octanol–water partition coefficient (Wildman–Crippen LogP) is 4.76. The van der Waals surface area contributed by atoms with Gasteiger partial charge in [-0.25, -0.2) is 40.3 Å². The lowest BCUT2D eigenvalue weighted by molar-refractivity contribution is -0.155. The zero-order valence-corrected chi connectivity index (χ0v) is 34.7. The minimum absolute atomic E-state index is 0.00198. The van der Waals surface area contributed by atoms with Gasteiger partial charge in [0.1, 0.15) is 24.0 Å². The highest BCUT2D eigenvalue weighted by Crippen LogP contribution is 2.44. The summed E-state index contributed by atoms with van der Waals surface area (Å²) in [5, 5.41) is 12.8. The molecule has 0 bridgehead atoms. The number of hydrogen-bond acceptors (Lipinski definition) is 10. The van der Waals surface area contributed by atoms with Gasteiger partial charge in [-0.3, -0.25) is 19.2 Å². The minimum Gasteiger partial charge on any atom is -0.460 e. The second-order valence-electron chi connectivity index (χ2n) is 16.7. The number of ketones is 1. The van der Waals surface area contributed by atoms with Crippen LogP contribution in [0.5, 0.6) is 0 Å². The maximum atomic E-state index is 14.1. The molecule has 7 amide bonds. The van der Waals surface area contributed by atoms with Crippen LogP contribution in [0.2, 0.25) is 0 Å². The fourth-order valence-electron chi connectivity index (χ4n) is 8.38. The smallest absolute Gasteiger partial charge is 0.426 e. The topological polar surface area (TPSA) is 208 Å². The van der Waals surface area contributed by atoms with E-state index in [2.05, 4.69) is 26.6 Å². The molecule has 3 fully saturated rings. The molecule has 322 valence electrons. The Hall–Kier alpha value is -6.00. The third kappa shape index (κ3) is 10.8. The third-order valence-corrected chi connectivity index (χ3v) is 11.3. The first-order valence-corrected chi connectivity index (χ1v) is 20.9. The van der Waals surface area contributed by atoms with Crippen molar-refractivity contribution < 1.29 is 43.0 Å². The number of urea groups is 2. The molecule has 0 unspecified atom stereocenters. The fraction of sp³-hybridized carbons (Fsp3) is 0.535. The average molecular weight is 829 g/mol. The average Bonchev–Trinajstić information content (AvgIpc) is 3.49. The van der Waals surface area contributed by atoms with Crippen LogP contribution < -0.4 is 21.5 Å². The van der Waals surface area contributed by atoms with E-state index in [4.69, 9.17) is 9.47 Å². The molecule has 2 aromatic rings. The summed E-state index contributed by atoms with van der Waals surface area (Å²) in [6.45, 7) is 7.39. The summed E-state index contributed by atoms with van der Waals surface area (Å²) in [5.41, 5.74) is 8.20. The van der Waals surface area contributed by atoms with E-state index in [1.165, 1.54) is 11.2 Å². The van der Waals surface area contributed by atoms with E-state index in [-0.39, 0.29) is 62.5 Å². The molecule has 60 heavy (non-hydrogen) atoms. The molecular formula is C43H56N8O9. The van der Waals surface area contributed by atoms with Gasteiger partial charge in [-0.05, 0) is 87.5 Å². The van der Waals surface area contributed by atoms with Crippen molar-refractivity contribution in [2.45, 2.75) is 109 Å². The maximum Gasteiger partial charge on any atom is 0.426 e. The van der Waals surface area contributed by atoms with Crippen LogP contribution in [0.4, 0.5) is 14.4 Å². The molecule has 2 aliphatic carbocycles. The van der Waals surface area contributed by atoms with Crippen LogP contribution in [-0.4, -0.2) is 107 Å². The molecule has 0 aromatic heterocycles. The number of rotatable bonds is 13. The number of carbonyl (C=O) groups is 7. The van der Waals surface area contributed by atoms with Crippen molar-refractivity contribution in [3.63, 3.8) is 0 Å². The van der Waals surface area contributed by atoms with Crippen molar-refractivity contribution in [2.24, 2.45) is 16.9 Å². The summed E-state index contributed by atoms with van der Waals surface area (Å²) in [4.78, 5) is 92.3. The van der Waals surface area contributed by atoms with Crippen LogP contribution in [0, 0.1) is 11.8 Å². The van der Waals surface area contributed by atoms with E-state index in [0.29, 0.717) is 19.4 Å². The van der Waals surface area contributed by atoms with Crippen molar-refractivity contribution >= 4 is 47.9 Å². The molecule has 2 heterocycles. The number of hydrazine groups is 2. The largest absolute Gasteiger partial charge is 0.460 e. The third-order valence-electron chi connectivity index (χ3n) is 11.3. The summed E-state index contributed by atoms with van der Waals surface area (Å²) in [7, 11) is 0. The Balaban J connectivity index is 1.08. The Bertz CT molecular complexity index is 1930. The first kappa shape index (κ1) is 43.6. The van der Waals surface area contributed by atoms with E-state index in [0.717, 1.165) is 58.0 Å². The number of nitrogens with one attached hydrogen (secondary N) is 4. The summed E-state index contributed by atoms with van der Waals surface area (Å²) < 4.78 is 11.1. The second-order valence-corrected chi connectivity index (χ2v) is 16.7. The van der Waals surface area contributed by atoms with E-state index < -0.39 is 53.6 Å². The Labute approximate surface area is 349 Å². The van der Waals surface area contributed by atoms with Crippen LogP contribution >= 0.6 is 0 Å². The van der Waals surface area contributed by atoms with Crippen molar-refractivity contribution in [1.29, 1.82) is 0 Å². The van der Waals surface area contributed by atoms with E-state index >= 15 is 0 Å². The monoisotopic (exact) mass is 828 g/mol. The molecule has 2 aromatic carbocycles. The Morgan fingerprint density at radius 1 is 0.917 bits per heavy atom. The van der Waals surface area contributed by atoms with Crippen LogP contribution in [-0.2, 0) is 28.7 Å². The van der Waals surface area contributed by atoms with Crippen LogP contribution in [0.1, 0.15) is 103 Å². The first-order chi connectivity index (χ1) is 28.7. The molecule has 6 rings (SSSR count). The SMILES string of the molecule is CCC(=O)C1CCC(CNC(=O)N/N=C/[C@H](CC(=O)OC(C)(C)C)NC(=O)[C@@H]2CCCN3C(=O)CCN(NC(=O)OCC4c5ccccc5-c5ccccc54)C(=O)N23)CC1. The second kappa shape index (κ2) is 19.4. The molecular weight excluding hydrogens is 773 g/mol. The highest BCUT2D eigenvalue weighted by molar-refractivity contribution is 5.93. The molecule has 1 saturated carbocycles. The van der Waals surface area contributed by atoms with Crippen molar-refractivity contribution in [2.75, 3.05) is 26.2 Å². The molecule has 17 nitrogen and oxygen atoms in total. The number of fused-ring (bicyclic) bond motifs is 4. The van der Waals surface area contributed by atoms with Gasteiger partial charge in [-0.2, -0.15) is 5.10 Å². The van der Waals surface area contributed by atoms with Gasteiger partial charge in [0.15, 0.2) is 0 Å². The van der Waals surface area contributed by atoms with Gasteiger partial charge < -0.3 is 20.1 Å². The quantitative estimate of drug-likeness (QED) is 0.125. The minimum atomic E-state index is -1.20. The summed E-state index contributed by atoms with van der Waals surface area (Å²) in [6, 6.07) is 12.1. The zero-order valence-electron chi connectivity index (χ0n) is 34.7. The van der Waals surface area contributed by atoms with Gasteiger partial charge in [-0.15, -0.1) is 0 Å². The van der Waals surface area contributed by atoms with Crippen molar-refractivity contribution in [3.05, 3.63) is 59.7 Å². The van der Waals surface area contributed by atoms with Gasteiger partial charge in [0.05, 0.1) is 19.0 Å². The lowest BCUT2D eigenvalue weighted by Gasteiger charge is -2.42. The van der Waals surface area contributed by atoms with Crippen molar-refractivity contribution in [3.8, 4) is 11.1 Å². The maximum absolute atomic E-state index is 14.1. The van der Waals surface area contributed by atoms with Gasteiger partial charge in [0, 0.05) is 44.0 Å². The summed E-state index contributed by atoms with van der Waals surface area (Å²) >= 11 is 0. The number of esters is 1. The molecule has 4 aliphatic rings. The van der Waals surface area contributed by atoms with E-state index in [1.54, 1.807) is 20.8 Å². The number of ether oxygens (including phenoxy) is 2. The molecule has 0 spiro atoms. The molecule has 4 N–H and O–H groups in total. The van der Waals surface area contributed by atoms with Crippen LogP contribution in [0.25, 0.3) is 11.1 Å². The van der Waals surface area contributed by atoms with Gasteiger partial charge in [0.25, 0.3) is 0 Å². The summed E-state index contributed by atoms with van der Waals surface area (Å²) in [6.07, 6.45) is 4.18. The number of hydrazone groups is 1. The molecule has 2 aliphatic heterocycles. The number of Topliss-reactive ketones (excluding diaryl/α,β-unsaturated/α-hetero) is 1. The Morgan fingerprint density at radius 3 is 2.23 bits per heavy atom. The highest BCUT2D eigenvalue weighted by atomic mass is 16.6. The van der Waals surface area contributed by atoms with Crippen LogP contribution in [0.15, 0.2) is 53.6 Å². The summed E-state index contributed by atoms with van der Waals surface area (Å²) in [5.74, 6) is -1.38. The Kier molecular flexibility index (Phi) is 14.1. The predicted molar refractivity (Wildman–Crippen MR) is 220 cm³/mol. The van der Waals surface area contributed by atoms with E-state index in [9.17, 15) is 33.6 Å². The zero-order chi connectivity index (χ0) is 43.0. The lowest BCUT2D eigenvalue weighted by Crippen LogP contribution is -2.64. The van der Waals surface area contributed by atoms with Crippen LogP contribution in [0.3, 0.4) is 0 Å².